The van der Waals surface area contributed by atoms with E-state index in [0.29, 0.717) is 12.1 Å². The zero-order valence-corrected chi connectivity index (χ0v) is 17.1. The van der Waals surface area contributed by atoms with Crippen molar-refractivity contribution in [2.45, 2.75) is 39.0 Å². The first-order valence-electron chi connectivity index (χ1n) is 8.86. The highest BCUT2D eigenvalue weighted by atomic mass is 35.5. The number of benzene rings is 2. The number of halogens is 10. The number of rotatable bonds is 5. The zero-order chi connectivity index (χ0) is 24.5. The third-order valence-electron chi connectivity index (χ3n) is 4.24. The molecule has 2 nitrogen and oxygen atoms in total. The molecule has 0 aliphatic heterocycles. The number of alkyl halides is 9. The Hall–Kier alpha value is -2.43. The largest absolute Gasteiger partial charge is 0.417 e. The lowest BCUT2D eigenvalue weighted by atomic mass is 9.95. The van der Waals surface area contributed by atoms with E-state index < -0.39 is 58.9 Å². The van der Waals surface area contributed by atoms with Crippen molar-refractivity contribution in [3.63, 3.8) is 0 Å². The van der Waals surface area contributed by atoms with Crippen LogP contribution in [0.25, 0.3) is 0 Å². The molecule has 0 saturated carbocycles. The predicted molar refractivity (Wildman–Crippen MR) is 99.1 cm³/mol. The van der Waals surface area contributed by atoms with Gasteiger partial charge in [-0.25, -0.2) is 0 Å². The van der Waals surface area contributed by atoms with Gasteiger partial charge in [-0.3, -0.25) is 0 Å². The monoisotopic (exact) mass is 491 g/mol. The van der Waals surface area contributed by atoms with Crippen LogP contribution in [0.3, 0.4) is 0 Å². The third-order valence-corrected chi connectivity index (χ3v) is 4.47. The molecule has 2 rings (SSSR count). The molecule has 0 atom stereocenters. The number of oxime groups is 1. The second-order valence-electron chi connectivity index (χ2n) is 6.96. The topological polar surface area (TPSA) is 21.6 Å². The van der Waals surface area contributed by atoms with Crippen molar-refractivity contribution in [3.05, 3.63) is 69.2 Å². The normalized spacial score (nSPS) is 13.6. The Morgan fingerprint density at radius 1 is 0.844 bits per heavy atom. The molecular weight excluding hydrogens is 477 g/mol. The maximum absolute atomic E-state index is 13.4. The van der Waals surface area contributed by atoms with Gasteiger partial charge >= 0.3 is 18.5 Å². The molecule has 0 heterocycles. The minimum Gasteiger partial charge on any atom is -0.391 e. The van der Waals surface area contributed by atoms with Gasteiger partial charge in [-0.05, 0) is 36.2 Å². The van der Waals surface area contributed by atoms with Gasteiger partial charge in [-0.2, -0.15) is 39.5 Å². The van der Waals surface area contributed by atoms with Crippen LogP contribution >= 0.6 is 11.6 Å². The van der Waals surface area contributed by atoms with Gasteiger partial charge in [0.2, 0.25) is 0 Å². The van der Waals surface area contributed by atoms with Crippen LogP contribution < -0.4 is 0 Å². The van der Waals surface area contributed by atoms with Gasteiger partial charge in [-0.1, -0.05) is 36.7 Å². The Morgan fingerprint density at radius 2 is 1.44 bits per heavy atom. The minimum absolute atomic E-state index is 0.0385. The molecule has 0 spiro atoms. The van der Waals surface area contributed by atoms with Crippen molar-refractivity contribution in [3.8, 4) is 0 Å². The van der Waals surface area contributed by atoms with E-state index >= 15 is 0 Å². The molecule has 12 heteroatoms. The summed E-state index contributed by atoms with van der Waals surface area (Å²) in [4.78, 5) is 4.86. The Bertz CT molecular complexity index is 992. The molecule has 0 N–H and O–H groups in total. The molecule has 0 aliphatic rings. The fourth-order valence-electron chi connectivity index (χ4n) is 2.76. The molecule has 0 unspecified atom stereocenters. The van der Waals surface area contributed by atoms with Crippen LogP contribution in [0.15, 0.2) is 41.6 Å². The van der Waals surface area contributed by atoms with Crippen LogP contribution in [-0.2, 0) is 30.0 Å². The summed E-state index contributed by atoms with van der Waals surface area (Å²) in [5.74, 6) is -0.663. The van der Waals surface area contributed by atoms with E-state index in [1.165, 1.54) is 13.8 Å². The summed E-state index contributed by atoms with van der Waals surface area (Å²) in [6.45, 7) is 2.02. The average Bonchev–Trinajstić information content (AvgIpc) is 2.62. The van der Waals surface area contributed by atoms with Crippen molar-refractivity contribution in [2.75, 3.05) is 0 Å². The summed E-state index contributed by atoms with van der Waals surface area (Å²) in [6.07, 6.45) is -14.9. The van der Waals surface area contributed by atoms with Gasteiger partial charge in [0.15, 0.2) is 0 Å². The van der Waals surface area contributed by atoms with Crippen molar-refractivity contribution in [1.82, 2.24) is 0 Å². The maximum Gasteiger partial charge on any atom is 0.417 e. The SMILES string of the molecule is CC(C)/C(=N\OCc1ccc(C(F)(F)F)cc1C(F)(F)F)c1cc(Cl)ccc1C(F)(F)F. The quantitative estimate of drug-likeness (QED) is 0.236. The van der Waals surface area contributed by atoms with Crippen LogP contribution in [0.1, 0.15) is 41.7 Å². The summed E-state index contributed by atoms with van der Waals surface area (Å²) in [5, 5.41) is 3.53. The van der Waals surface area contributed by atoms with E-state index in [-0.39, 0.29) is 16.8 Å². The molecule has 176 valence electrons. The summed E-state index contributed by atoms with van der Waals surface area (Å²) < 4.78 is 118. The second-order valence-corrected chi connectivity index (χ2v) is 7.40. The predicted octanol–water partition coefficient (Wildman–Crippen LogP) is 7.97. The summed E-state index contributed by atoms with van der Waals surface area (Å²) in [7, 11) is 0. The first-order chi connectivity index (χ1) is 14.5. The highest BCUT2D eigenvalue weighted by Gasteiger charge is 2.38. The Kier molecular flexibility index (Phi) is 7.43. The summed E-state index contributed by atoms with van der Waals surface area (Å²) in [6, 6.07) is 3.70. The van der Waals surface area contributed by atoms with Gasteiger partial charge in [0, 0.05) is 16.1 Å². The van der Waals surface area contributed by atoms with E-state index in [4.69, 9.17) is 16.4 Å². The van der Waals surface area contributed by atoms with E-state index in [1.807, 2.05) is 0 Å². The van der Waals surface area contributed by atoms with Crippen LogP contribution in [0.5, 0.6) is 0 Å². The van der Waals surface area contributed by atoms with Gasteiger partial charge in [0.1, 0.15) is 6.61 Å². The molecule has 32 heavy (non-hydrogen) atoms. The Balaban J connectivity index is 2.44. The van der Waals surface area contributed by atoms with Crippen molar-refractivity contribution >= 4 is 17.3 Å². The first-order valence-corrected chi connectivity index (χ1v) is 9.24. The van der Waals surface area contributed by atoms with E-state index in [0.717, 1.165) is 18.2 Å². The van der Waals surface area contributed by atoms with E-state index in [2.05, 4.69) is 5.16 Å². The highest BCUT2D eigenvalue weighted by molar-refractivity contribution is 6.31. The van der Waals surface area contributed by atoms with Crippen LogP contribution in [0.4, 0.5) is 39.5 Å². The summed E-state index contributed by atoms with van der Waals surface area (Å²) >= 11 is 5.79. The van der Waals surface area contributed by atoms with Gasteiger partial charge in [0.25, 0.3) is 0 Å². The van der Waals surface area contributed by atoms with Crippen LogP contribution in [-0.4, -0.2) is 5.71 Å². The maximum atomic E-state index is 13.4. The first kappa shape index (κ1) is 25.8. The number of nitrogens with zero attached hydrogens (tertiary/aromatic N) is 1. The number of hydrogen-bond donors (Lipinski definition) is 0. The van der Waals surface area contributed by atoms with Crippen LogP contribution in [0, 0.1) is 5.92 Å². The van der Waals surface area contributed by atoms with Gasteiger partial charge in [-0.15, -0.1) is 0 Å². The third kappa shape index (κ3) is 6.30. The van der Waals surface area contributed by atoms with Gasteiger partial charge < -0.3 is 4.84 Å². The molecule has 0 aliphatic carbocycles. The van der Waals surface area contributed by atoms with E-state index in [1.54, 1.807) is 0 Å². The van der Waals surface area contributed by atoms with Crippen molar-refractivity contribution < 1.29 is 44.4 Å². The molecule has 0 bridgehead atoms. The lowest BCUT2D eigenvalue weighted by molar-refractivity contribution is -0.144. The lowest BCUT2D eigenvalue weighted by Gasteiger charge is -2.18. The smallest absolute Gasteiger partial charge is 0.391 e. The fourth-order valence-corrected chi connectivity index (χ4v) is 2.93. The molecule has 0 radical (unpaired) electrons. The number of hydrogen-bond acceptors (Lipinski definition) is 2. The second kappa shape index (κ2) is 9.21. The lowest BCUT2D eigenvalue weighted by Crippen LogP contribution is -2.18. The minimum atomic E-state index is -5.12. The summed E-state index contributed by atoms with van der Waals surface area (Å²) in [5.41, 5.74) is -5.52. The van der Waals surface area contributed by atoms with Crippen LogP contribution in [0.2, 0.25) is 5.02 Å². The fraction of sp³-hybridized carbons (Fsp3) is 0.350. The molecule has 0 amide bonds. The van der Waals surface area contributed by atoms with Gasteiger partial charge in [0.05, 0.1) is 22.4 Å². The molecule has 0 saturated heterocycles. The average molecular weight is 492 g/mol. The molecular formula is C20H15ClF9NO. The molecule has 2 aromatic rings. The van der Waals surface area contributed by atoms with E-state index in [9.17, 15) is 39.5 Å². The zero-order valence-electron chi connectivity index (χ0n) is 16.4. The molecule has 2 aromatic carbocycles. The Morgan fingerprint density at radius 3 is 1.94 bits per heavy atom. The highest BCUT2D eigenvalue weighted by Crippen LogP contribution is 2.38. The standard InChI is InChI=1S/C20H15ClF9NO/c1-10(2)17(14-8-13(21)5-6-15(14)19(25,26)27)31-32-9-11-3-4-12(18(22,23)24)7-16(11)20(28,29)30/h3-8,10H,9H2,1-2H3/b31-17+. The van der Waals surface area contributed by atoms with Crippen molar-refractivity contribution in [2.24, 2.45) is 11.1 Å². The molecule has 0 aromatic heterocycles. The molecule has 0 fully saturated rings. The Labute approximate surface area is 181 Å². The van der Waals surface area contributed by atoms with Crippen molar-refractivity contribution in [1.29, 1.82) is 0 Å².